The number of carbonyl (C=O) groups excluding carboxylic acids is 1. The van der Waals surface area contributed by atoms with Crippen molar-refractivity contribution in [3.8, 4) is 11.5 Å². The lowest BCUT2D eigenvalue weighted by atomic mass is 10.1. The molecular formula is C26H23Cl2N3O5. The number of allylic oxidation sites excluding steroid dienone is 1. The molecule has 0 radical (unpaired) electrons. The van der Waals surface area contributed by atoms with Crippen molar-refractivity contribution in [2.24, 2.45) is 5.10 Å². The molecule has 0 spiro atoms. The predicted molar refractivity (Wildman–Crippen MR) is 140 cm³/mol. The van der Waals surface area contributed by atoms with Crippen LogP contribution in [-0.4, -0.2) is 24.2 Å². The van der Waals surface area contributed by atoms with E-state index in [4.69, 9.17) is 32.7 Å². The molecule has 186 valence electrons. The lowest BCUT2D eigenvalue weighted by molar-refractivity contribution is -0.385. The number of carbonyl (C=O) groups is 1. The molecule has 0 saturated carbocycles. The smallest absolute Gasteiger partial charge is 0.273 e. The van der Waals surface area contributed by atoms with E-state index in [1.165, 1.54) is 25.5 Å². The molecule has 0 bridgehead atoms. The zero-order valence-electron chi connectivity index (χ0n) is 19.4. The van der Waals surface area contributed by atoms with E-state index in [0.717, 1.165) is 11.1 Å². The van der Waals surface area contributed by atoms with E-state index in [9.17, 15) is 14.9 Å². The fourth-order valence-corrected chi connectivity index (χ4v) is 3.86. The molecule has 8 nitrogen and oxygen atoms in total. The highest BCUT2D eigenvalue weighted by atomic mass is 35.5. The highest BCUT2D eigenvalue weighted by Crippen LogP contribution is 2.34. The second kappa shape index (κ2) is 12.7. The zero-order valence-corrected chi connectivity index (χ0v) is 20.9. The number of benzene rings is 3. The van der Waals surface area contributed by atoms with Gasteiger partial charge in [-0.3, -0.25) is 14.9 Å². The number of hydrogen-bond donors (Lipinski definition) is 1. The Labute approximate surface area is 218 Å². The van der Waals surface area contributed by atoms with Crippen molar-refractivity contribution >= 4 is 41.0 Å². The maximum Gasteiger partial charge on any atom is 0.273 e. The number of halogens is 2. The molecule has 1 amide bonds. The minimum absolute atomic E-state index is 0.120. The Bertz CT molecular complexity index is 1310. The van der Waals surface area contributed by atoms with Gasteiger partial charge in [0.15, 0.2) is 11.5 Å². The van der Waals surface area contributed by atoms with Gasteiger partial charge < -0.3 is 9.47 Å². The third-order valence-electron chi connectivity index (χ3n) is 5.07. The van der Waals surface area contributed by atoms with Crippen LogP contribution in [-0.2, 0) is 24.2 Å². The summed E-state index contributed by atoms with van der Waals surface area (Å²) in [6.07, 6.45) is 3.49. The zero-order chi connectivity index (χ0) is 26.1. The van der Waals surface area contributed by atoms with E-state index in [0.29, 0.717) is 39.1 Å². The highest BCUT2D eigenvalue weighted by Gasteiger charge is 2.16. The lowest BCUT2D eigenvalue weighted by Gasteiger charge is -2.16. The normalized spacial score (nSPS) is 10.8. The molecule has 0 aromatic heterocycles. The molecule has 0 unspecified atom stereocenters. The van der Waals surface area contributed by atoms with Crippen molar-refractivity contribution < 1.29 is 19.2 Å². The van der Waals surface area contributed by atoms with Gasteiger partial charge in [-0.05, 0) is 36.2 Å². The Morgan fingerprint density at radius 1 is 1.14 bits per heavy atom. The number of nitrogens with one attached hydrogen (secondary N) is 1. The average Bonchev–Trinajstić information content (AvgIpc) is 2.84. The summed E-state index contributed by atoms with van der Waals surface area (Å²) in [6, 6.07) is 14.8. The number of nitrogens with zero attached hydrogens (tertiary/aromatic N) is 2. The Kier molecular flexibility index (Phi) is 9.44. The van der Waals surface area contributed by atoms with Crippen LogP contribution < -0.4 is 14.9 Å². The first-order chi connectivity index (χ1) is 17.3. The molecule has 3 aromatic carbocycles. The van der Waals surface area contributed by atoms with Crippen molar-refractivity contribution in [1.29, 1.82) is 0 Å². The number of nitro groups is 1. The van der Waals surface area contributed by atoms with Crippen LogP contribution in [0.25, 0.3) is 0 Å². The average molecular weight is 528 g/mol. The second-order valence-corrected chi connectivity index (χ2v) is 8.43. The molecule has 0 atom stereocenters. The molecule has 36 heavy (non-hydrogen) atoms. The van der Waals surface area contributed by atoms with Crippen molar-refractivity contribution in [2.75, 3.05) is 7.11 Å². The SMILES string of the molecule is C=CCc1cc(/C=N/NC(=O)Cc2ccccc2[N+](=O)[O-])cc(OC)c1OCc1ccc(Cl)cc1Cl. The fraction of sp³-hybridized carbons (Fsp3) is 0.154. The van der Waals surface area contributed by atoms with Crippen LogP contribution in [0, 0.1) is 10.1 Å². The molecule has 3 aromatic rings. The maximum absolute atomic E-state index is 12.3. The van der Waals surface area contributed by atoms with Crippen molar-refractivity contribution in [2.45, 2.75) is 19.4 Å². The first kappa shape index (κ1) is 26.7. The number of nitro benzene ring substituents is 1. The Morgan fingerprint density at radius 2 is 1.92 bits per heavy atom. The van der Waals surface area contributed by atoms with Gasteiger partial charge in [0.2, 0.25) is 5.91 Å². The molecule has 0 aliphatic heterocycles. The van der Waals surface area contributed by atoms with Gasteiger partial charge in [0.1, 0.15) is 6.61 Å². The second-order valence-electron chi connectivity index (χ2n) is 7.58. The minimum atomic E-state index is -0.524. The van der Waals surface area contributed by atoms with Crippen LogP contribution in [0.15, 0.2) is 72.4 Å². The first-order valence-electron chi connectivity index (χ1n) is 10.7. The van der Waals surface area contributed by atoms with E-state index in [2.05, 4.69) is 17.1 Å². The number of methoxy groups -OCH3 is 1. The number of rotatable bonds is 11. The van der Waals surface area contributed by atoms with Crippen LogP contribution in [0.3, 0.4) is 0 Å². The standard InChI is InChI=1S/C26H23Cl2N3O5/c1-3-6-19-11-17(15-29-30-25(32)13-18-7-4-5-8-23(18)31(33)34)12-24(35-2)26(19)36-16-20-9-10-21(27)14-22(20)28/h3-5,7-12,14-15H,1,6,13,16H2,2H3,(H,30,32)/b29-15+. The third kappa shape index (κ3) is 7.07. The van der Waals surface area contributed by atoms with Gasteiger partial charge in [-0.1, -0.05) is 53.5 Å². The van der Waals surface area contributed by atoms with E-state index in [1.54, 1.807) is 42.5 Å². The summed E-state index contributed by atoms with van der Waals surface area (Å²) in [4.78, 5) is 22.9. The quantitative estimate of drug-likeness (QED) is 0.144. The minimum Gasteiger partial charge on any atom is -0.493 e. The summed E-state index contributed by atoms with van der Waals surface area (Å²) >= 11 is 12.2. The lowest BCUT2D eigenvalue weighted by Crippen LogP contribution is -2.20. The topological polar surface area (TPSA) is 103 Å². The number of ether oxygens (including phenoxy) is 2. The van der Waals surface area contributed by atoms with Gasteiger partial charge in [-0.2, -0.15) is 5.10 Å². The van der Waals surface area contributed by atoms with E-state index < -0.39 is 10.8 Å². The summed E-state index contributed by atoms with van der Waals surface area (Å²) in [7, 11) is 1.52. The van der Waals surface area contributed by atoms with Crippen molar-refractivity contribution in [3.05, 3.63) is 110 Å². The molecule has 1 N–H and O–H groups in total. The fourth-order valence-electron chi connectivity index (χ4n) is 3.40. The summed E-state index contributed by atoms with van der Waals surface area (Å²) in [5, 5.41) is 16.1. The largest absolute Gasteiger partial charge is 0.493 e. The van der Waals surface area contributed by atoms with Gasteiger partial charge in [-0.25, -0.2) is 5.43 Å². The summed E-state index contributed by atoms with van der Waals surface area (Å²) in [5.41, 5.74) is 4.78. The first-order valence-corrected chi connectivity index (χ1v) is 11.5. The van der Waals surface area contributed by atoms with E-state index in [1.807, 2.05) is 6.07 Å². The van der Waals surface area contributed by atoms with Gasteiger partial charge >= 0.3 is 0 Å². The molecule has 0 saturated heterocycles. The van der Waals surface area contributed by atoms with Crippen LogP contribution in [0.1, 0.15) is 22.3 Å². The maximum atomic E-state index is 12.3. The van der Waals surface area contributed by atoms with Crippen LogP contribution >= 0.6 is 23.2 Å². The Morgan fingerprint density at radius 3 is 2.61 bits per heavy atom. The van der Waals surface area contributed by atoms with Crippen LogP contribution in [0.2, 0.25) is 10.0 Å². The molecule has 10 heteroatoms. The molecule has 0 aliphatic carbocycles. The van der Waals surface area contributed by atoms with Crippen molar-refractivity contribution in [3.63, 3.8) is 0 Å². The Hall–Kier alpha value is -3.88. The van der Waals surface area contributed by atoms with Gasteiger partial charge in [0, 0.05) is 32.8 Å². The monoisotopic (exact) mass is 527 g/mol. The number of hydrazone groups is 1. The number of para-hydroxylation sites is 1. The van der Waals surface area contributed by atoms with Crippen LogP contribution in [0.5, 0.6) is 11.5 Å². The van der Waals surface area contributed by atoms with Gasteiger partial charge in [-0.15, -0.1) is 6.58 Å². The molecular weight excluding hydrogens is 505 g/mol. The van der Waals surface area contributed by atoms with Crippen molar-refractivity contribution in [1.82, 2.24) is 5.43 Å². The predicted octanol–water partition coefficient (Wildman–Crippen LogP) is 5.91. The Balaban J connectivity index is 1.74. The number of amides is 1. The molecule has 0 heterocycles. The van der Waals surface area contributed by atoms with E-state index in [-0.39, 0.29) is 18.7 Å². The molecule has 0 fully saturated rings. The summed E-state index contributed by atoms with van der Waals surface area (Å²) in [5.74, 6) is 0.506. The molecule has 0 aliphatic rings. The third-order valence-corrected chi connectivity index (χ3v) is 5.65. The molecule has 3 rings (SSSR count). The summed E-state index contributed by atoms with van der Waals surface area (Å²) in [6.45, 7) is 4.00. The highest BCUT2D eigenvalue weighted by molar-refractivity contribution is 6.35. The summed E-state index contributed by atoms with van der Waals surface area (Å²) < 4.78 is 11.6. The van der Waals surface area contributed by atoms with E-state index >= 15 is 0 Å². The van der Waals surface area contributed by atoms with Crippen LogP contribution in [0.4, 0.5) is 5.69 Å². The number of hydrogen-bond acceptors (Lipinski definition) is 6. The van der Waals surface area contributed by atoms with Gasteiger partial charge in [0.05, 0.1) is 24.7 Å². The van der Waals surface area contributed by atoms with Gasteiger partial charge in [0.25, 0.3) is 5.69 Å².